The predicted molar refractivity (Wildman–Crippen MR) is 130 cm³/mol. The second-order valence-corrected chi connectivity index (χ2v) is 9.42. The van der Waals surface area contributed by atoms with Gasteiger partial charge in [-0.3, -0.25) is 9.59 Å². The zero-order chi connectivity index (χ0) is 24.8. The standard InChI is InChI=1S/C27H32N2O6/c1-27(25(32)28-14-8-2-3-13-24(30)31)17-34-16-23(27)29-26(33)35-15-22-20-11-6-4-9-18(20)19-10-5-7-12-21(19)22/h4-7,9-12,22-23H,2-3,8,13-17H2,1H3,(H,28,32)(H,29,33)(H,30,31). The minimum absolute atomic E-state index is 0.0382. The molecular formula is C27H32N2O6. The average Bonchev–Trinajstić information content (AvgIpc) is 3.38. The molecule has 0 aromatic heterocycles. The Labute approximate surface area is 205 Å². The van der Waals surface area contributed by atoms with Crippen molar-refractivity contribution in [2.24, 2.45) is 5.41 Å². The number of carboxylic acids is 1. The highest BCUT2D eigenvalue weighted by Gasteiger charge is 2.47. The molecule has 8 nitrogen and oxygen atoms in total. The molecule has 186 valence electrons. The highest BCUT2D eigenvalue weighted by Crippen LogP contribution is 2.44. The van der Waals surface area contributed by atoms with Crippen molar-refractivity contribution in [3.05, 3.63) is 59.7 Å². The molecule has 3 N–H and O–H groups in total. The van der Waals surface area contributed by atoms with Crippen LogP contribution >= 0.6 is 0 Å². The van der Waals surface area contributed by atoms with Gasteiger partial charge in [0.05, 0.1) is 24.7 Å². The van der Waals surface area contributed by atoms with Gasteiger partial charge in [0.25, 0.3) is 0 Å². The maximum atomic E-state index is 12.9. The van der Waals surface area contributed by atoms with Crippen LogP contribution in [0.4, 0.5) is 4.79 Å². The molecule has 8 heteroatoms. The van der Waals surface area contributed by atoms with Crippen molar-refractivity contribution in [1.82, 2.24) is 10.6 Å². The third-order valence-corrected chi connectivity index (χ3v) is 6.96. The summed E-state index contributed by atoms with van der Waals surface area (Å²) in [6, 6.07) is 15.8. The number of alkyl carbamates (subject to hydrolysis) is 1. The summed E-state index contributed by atoms with van der Waals surface area (Å²) < 4.78 is 11.2. The van der Waals surface area contributed by atoms with E-state index in [4.69, 9.17) is 14.6 Å². The van der Waals surface area contributed by atoms with Gasteiger partial charge in [0.1, 0.15) is 6.61 Å². The van der Waals surface area contributed by atoms with E-state index in [1.54, 1.807) is 6.92 Å². The highest BCUT2D eigenvalue weighted by molar-refractivity contribution is 5.84. The Morgan fingerprint density at radius 2 is 1.69 bits per heavy atom. The molecule has 1 saturated heterocycles. The largest absolute Gasteiger partial charge is 0.481 e. The minimum atomic E-state index is -0.910. The van der Waals surface area contributed by atoms with Crippen molar-refractivity contribution in [2.75, 3.05) is 26.4 Å². The van der Waals surface area contributed by atoms with Gasteiger partial charge in [-0.1, -0.05) is 55.0 Å². The van der Waals surface area contributed by atoms with Crippen molar-refractivity contribution in [1.29, 1.82) is 0 Å². The van der Waals surface area contributed by atoms with Crippen molar-refractivity contribution in [3.63, 3.8) is 0 Å². The number of hydrogen-bond donors (Lipinski definition) is 3. The lowest BCUT2D eigenvalue weighted by Gasteiger charge is -2.28. The van der Waals surface area contributed by atoms with Crippen molar-refractivity contribution in [2.45, 2.75) is 44.6 Å². The first-order valence-electron chi connectivity index (χ1n) is 12.1. The maximum Gasteiger partial charge on any atom is 0.407 e. The van der Waals surface area contributed by atoms with E-state index in [2.05, 4.69) is 34.9 Å². The molecule has 0 bridgehead atoms. The number of carbonyl (C=O) groups is 3. The van der Waals surface area contributed by atoms with Crippen molar-refractivity contribution in [3.8, 4) is 11.1 Å². The van der Waals surface area contributed by atoms with Gasteiger partial charge in [-0.15, -0.1) is 0 Å². The van der Waals surface area contributed by atoms with Crippen LogP contribution in [-0.4, -0.2) is 55.5 Å². The lowest BCUT2D eigenvalue weighted by atomic mass is 9.84. The van der Waals surface area contributed by atoms with Crippen LogP contribution < -0.4 is 10.6 Å². The first-order valence-corrected chi connectivity index (χ1v) is 12.1. The average molecular weight is 481 g/mol. The Balaban J connectivity index is 1.29. The number of unbranched alkanes of at least 4 members (excludes halogenated alkanes) is 2. The van der Waals surface area contributed by atoms with Crippen LogP contribution in [0.5, 0.6) is 0 Å². The number of ether oxygens (including phenoxy) is 2. The summed E-state index contributed by atoms with van der Waals surface area (Å²) in [7, 11) is 0. The lowest BCUT2D eigenvalue weighted by molar-refractivity contribution is -0.137. The van der Waals surface area contributed by atoms with E-state index < -0.39 is 23.5 Å². The van der Waals surface area contributed by atoms with E-state index in [0.717, 1.165) is 28.7 Å². The molecular weight excluding hydrogens is 448 g/mol. The molecule has 1 heterocycles. The van der Waals surface area contributed by atoms with Gasteiger partial charge in [-0.25, -0.2) is 4.79 Å². The first kappa shape index (κ1) is 24.7. The van der Waals surface area contributed by atoms with Gasteiger partial charge in [0.15, 0.2) is 0 Å². The SMILES string of the molecule is CC1(C(=O)NCCCCCC(=O)O)COCC1NC(=O)OCC1c2ccccc2-c2ccccc21. The van der Waals surface area contributed by atoms with Gasteiger partial charge in [-0.2, -0.15) is 0 Å². The molecule has 2 atom stereocenters. The zero-order valence-electron chi connectivity index (χ0n) is 19.9. The predicted octanol–water partition coefficient (Wildman–Crippen LogP) is 3.69. The van der Waals surface area contributed by atoms with Crippen LogP contribution in [-0.2, 0) is 19.1 Å². The Kier molecular flexibility index (Phi) is 7.70. The Hall–Kier alpha value is -3.39. The normalized spacial score (nSPS) is 20.7. The fraction of sp³-hybridized carbons (Fsp3) is 0.444. The summed E-state index contributed by atoms with van der Waals surface area (Å²) >= 11 is 0. The number of nitrogens with one attached hydrogen (secondary N) is 2. The Bertz CT molecular complexity index is 1040. The number of rotatable bonds is 10. The molecule has 35 heavy (non-hydrogen) atoms. The number of amides is 2. The topological polar surface area (TPSA) is 114 Å². The van der Waals surface area contributed by atoms with Crippen molar-refractivity contribution < 1.29 is 29.0 Å². The molecule has 0 saturated carbocycles. The third kappa shape index (κ3) is 5.48. The monoisotopic (exact) mass is 480 g/mol. The zero-order valence-corrected chi connectivity index (χ0v) is 19.9. The number of hydrogen-bond acceptors (Lipinski definition) is 5. The first-order chi connectivity index (χ1) is 16.9. The quantitative estimate of drug-likeness (QED) is 0.447. The van der Waals surface area contributed by atoms with E-state index in [-0.39, 0.29) is 38.1 Å². The molecule has 1 aliphatic carbocycles. The second kappa shape index (κ2) is 10.9. The van der Waals surface area contributed by atoms with Gasteiger partial charge < -0.3 is 25.2 Å². The molecule has 2 unspecified atom stereocenters. The number of carbonyl (C=O) groups excluding carboxylic acids is 2. The molecule has 1 aliphatic heterocycles. The number of aliphatic carboxylic acids is 1. The van der Waals surface area contributed by atoms with E-state index in [0.29, 0.717) is 19.4 Å². The molecule has 2 amide bonds. The van der Waals surface area contributed by atoms with E-state index in [1.165, 1.54) is 0 Å². The fourth-order valence-corrected chi connectivity index (χ4v) is 4.86. The number of benzene rings is 2. The number of fused-ring (bicyclic) bond motifs is 3. The summed E-state index contributed by atoms with van der Waals surface area (Å²) in [4.78, 5) is 36.2. The van der Waals surface area contributed by atoms with Gasteiger partial charge in [0, 0.05) is 18.9 Å². The molecule has 2 aliphatic rings. The third-order valence-electron chi connectivity index (χ3n) is 6.96. The van der Waals surface area contributed by atoms with Gasteiger partial charge in [-0.05, 0) is 42.0 Å². The molecule has 4 rings (SSSR count). The molecule has 1 fully saturated rings. The van der Waals surface area contributed by atoms with E-state index in [9.17, 15) is 14.4 Å². The van der Waals surface area contributed by atoms with Crippen LogP contribution in [0.15, 0.2) is 48.5 Å². The Morgan fingerprint density at radius 1 is 1.03 bits per heavy atom. The molecule has 2 aromatic rings. The number of carboxylic acid groups (broad SMARTS) is 1. The van der Waals surface area contributed by atoms with Crippen LogP contribution in [0, 0.1) is 5.41 Å². The van der Waals surface area contributed by atoms with Crippen LogP contribution in [0.2, 0.25) is 0 Å². The van der Waals surface area contributed by atoms with E-state index in [1.807, 2.05) is 24.3 Å². The van der Waals surface area contributed by atoms with Gasteiger partial charge >= 0.3 is 12.1 Å². The minimum Gasteiger partial charge on any atom is -0.481 e. The van der Waals surface area contributed by atoms with Gasteiger partial charge in [0.2, 0.25) is 5.91 Å². The summed E-state index contributed by atoms with van der Waals surface area (Å²) in [6.45, 7) is 2.85. The molecule has 2 aromatic carbocycles. The fourth-order valence-electron chi connectivity index (χ4n) is 4.86. The molecule has 0 radical (unpaired) electrons. The maximum absolute atomic E-state index is 12.9. The van der Waals surface area contributed by atoms with Crippen LogP contribution in [0.3, 0.4) is 0 Å². The van der Waals surface area contributed by atoms with Crippen molar-refractivity contribution >= 4 is 18.0 Å². The van der Waals surface area contributed by atoms with E-state index >= 15 is 0 Å². The summed E-state index contributed by atoms with van der Waals surface area (Å²) in [6.07, 6.45) is 1.56. The van der Waals surface area contributed by atoms with Crippen LogP contribution in [0.25, 0.3) is 11.1 Å². The molecule has 0 spiro atoms. The second-order valence-electron chi connectivity index (χ2n) is 9.42. The van der Waals surface area contributed by atoms with Crippen LogP contribution in [0.1, 0.15) is 49.7 Å². The summed E-state index contributed by atoms with van der Waals surface area (Å²) in [5, 5.41) is 14.4. The Morgan fingerprint density at radius 3 is 2.34 bits per heavy atom. The smallest absolute Gasteiger partial charge is 0.407 e. The summed E-state index contributed by atoms with van der Waals surface area (Å²) in [5.41, 5.74) is 3.69. The lowest BCUT2D eigenvalue weighted by Crippen LogP contribution is -2.53. The summed E-state index contributed by atoms with van der Waals surface area (Å²) in [5.74, 6) is -1.05. The highest BCUT2D eigenvalue weighted by atomic mass is 16.5.